The lowest BCUT2D eigenvalue weighted by atomic mass is 9.96. The lowest BCUT2D eigenvalue weighted by Crippen LogP contribution is -2.40. The average molecular weight is 300 g/mol. The molecule has 0 aromatic heterocycles. The van der Waals surface area contributed by atoms with Crippen LogP contribution in [-0.4, -0.2) is 41.4 Å². The van der Waals surface area contributed by atoms with E-state index in [-0.39, 0.29) is 0 Å². The van der Waals surface area contributed by atoms with Crippen molar-refractivity contribution in [2.24, 2.45) is 11.1 Å². The fourth-order valence-corrected chi connectivity index (χ4v) is 2.63. The van der Waals surface area contributed by atoms with Gasteiger partial charge in [-0.25, -0.2) is 0 Å². The molecule has 1 heterocycles. The van der Waals surface area contributed by atoms with Gasteiger partial charge in [-0.15, -0.1) is 0 Å². The molecule has 2 N–H and O–H groups in total. The molecular weight excluding hydrogens is 280 g/mol. The Bertz CT molecular complexity index is 557. The molecule has 1 fully saturated rings. The van der Waals surface area contributed by atoms with Gasteiger partial charge in [0.05, 0.1) is 0 Å². The fourth-order valence-electron chi connectivity index (χ4n) is 2.63. The SMILES string of the molecule is N#C/C(=N\O)C(=O)NCC1CCN(Cc2ccccc2)CC1. The van der Waals surface area contributed by atoms with Gasteiger partial charge in [-0.2, -0.15) is 5.26 Å². The summed E-state index contributed by atoms with van der Waals surface area (Å²) in [6.45, 7) is 3.46. The molecule has 0 bridgehead atoms. The zero-order chi connectivity index (χ0) is 15.8. The summed E-state index contributed by atoms with van der Waals surface area (Å²) in [4.78, 5) is 13.9. The summed E-state index contributed by atoms with van der Waals surface area (Å²) in [7, 11) is 0. The maximum Gasteiger partial charge on any atom is 0.284 e. The van der Waals surface area contributed by atoms with Crippen molar-refractivity contribution in [3.8, 4) is 6.07 Å². The van der Waals surface area contributed by atoms with Crippen molar-refractivity contribution in [3.63, 3.8) is 0 Å². The van der Waals surface area contributed by atoms with Crippen LogP contribution < -0.4 is 5.32 Å². The average Bonchev–Trinajstić information content (AvgIpc) is 2.56. The predicted octanol–water partition coefficient (Wildman–Crippen LogP) is 1.37. The van der Waals surface area contributed by atoms with E-state index in [9.17, 15) is 4.79 Å². The second kappa shape index (κ2) is 8.15. The number of benzene rings is 1. The maximum atomic E-state index is 11.5. The van der Waals surface area contributed by atoms with Crippen molar-refractivity contribution in [1.29, 1.82) is 5.26 Å². The van der Waals surface area contributed by atoms with Gasteiger partial charge in [-0.3, -0.25) is 9.69 Å². The molecule has 2 rings (SSSR count). The number of hydrogen-bond donors (Lipinski definition) is 2. The minimum absolute atomic E-state index is 0.398. The summed E-state index contributed by atoms with van der Waals surface area (Å²) in [5.74, 6) is -0.216. The molecule has 0 saturated carbocycles. The quantitative estimate of drug-likeness (QED) is 0.488. The smallest absolute Gasteiger partial charge is 0.284 e. The summed E-state index contributed by atoms with van der Waals surface area (Å²) < 4.78 is 0. The van der Waals surface area contributed by atoms with Gasteiger partial charge in [0.15, 0.2) is 0 Å². The molecule has 1 aromatic carbocycles. The van der Waals surface area contributed by atoms with Crippen molar-refractivity contribution in [1.82, 2.24) is 10.2 Å². The summed E-state index contributed by atoms with van der Waals surface area (Å²) in [5, 5.41) is 22.4. The summed E-state index contributed by atoms with van der Waals surface area (Å²) in [5.41, 5.74) is 0.814. The van der Waals surface area contributed by atoms with Crippen LogP contribution in [-0.2, 0) is 11.3 Å². The largest absolute Gasteiger partial charge is 0.410 e. The van der Waals surface area contributed by atoms with Crippen LogP contribution in [0, 0.1) is 17.2 Å². The Balaban J connectivity index is 1.71. The van der Waals surface area contributed by atoms with E-state index in [1.807, 2.05) is 18.2 Å². The van der Waals surface area contributed by atoms with Gasteiger partial charge in [0.2, 0.25) is 5.71 Å². The minimum Gasteiger partial charge on any atom is -0.410 e. The van der Waals surface area contributed by atoms with Crippen LogP contribution in [0.25, 0.3) is 0 Å². The first-order chi connectivity index (χ1) is 10.7. The van der Waals surface area contributed by atoms with Gasteiger partial charge in [0, 0.05) is 13.1 Å². The first-order valence-corrected chi connectivity index (χ1v) is 7.39. The van der Waals surface area contributed by atoms with Crippen LogP contribution in [0.5, 0.6) is 0 Å². The molecule has 1 saturated heterocycles. The van der Waals surface area contributed by atoms with Gasteiger partial charge >= 0.3 is 0 Å². The van der Waals surface area contributed by atoms with Crippen molar-refractivity contribution >= 4 is 11.6 Å². The van der Waals surface area contributed by atoms with Crippen LogP contribution in [0.4, 0.5) is 0 Å². The molecule has 1 aliphatic heterocycles. The number of likely N-dealkylation sites (tertiary alicyclic amines) is 1. The Kier molecular flexibility index (Phi) is 5.92. The number of nitriles is 1. The zero-order valence-electron chi connectivity index (χ0n) is 12.4. The molecule has 0 radical (unpaired) electrons. The van der Waals surface area contributed by atoms with E-state index < -0.39 is 11.6 Å². The van der Waals surface area contributed by atoms with Gasteiger partial charge < -0.3 is 10.5 Å². The molecule has 0 unspecified atom stereocenters. The molecule has 116 valence electrons. The molecule has 1 aliphatic rings. The van der Waals surface area contributed by atoms with Crippen molar-refractivity contribution in [3.05, 3.63) is 35.9 Å². The second-order valence-electron chi connectivity index (χ2n) is 5.48. The Labute approximate surface area is 130 Å². The Morgan fingerprint density at radius 2 is 2.05 bits per heavy atom. The fraction of sp³-hybridized carbons (Fsp3) is 0.438. The van der Waals surface area contributed by atoms with Crippen molar-refractivity contribution in [2.45, 2.75) is 19.4 Å². The van der Waals surface area contributed by atoms with Gasteiger partial charge in [-0.1, -0.05) is 35.5 Å². The molecule has 6 heteroatoms. The van der Waals surface area contributed by atoms with E-state index in [2.05, 4.69) is 27.5 Å². The number of oxime groups is 1. The number of carbonyl (C=O) groups is 1. The lowest BCUT2D eigenvalue weighted by Gasteiger charge is -2.32. The topological polar surface area (TPSA) is 88.7 Å². The van der Waals surface area contributed by atoms with Crippen LogP contribution in [0.1, 0.15) is 18.4 Å². The van der Waals surface area contributed by atoms with E-state index in [1.165, 1.54) is 5.56 Å². The van der Waals surface area contributed by atoms with Crippen LogP contribution in [0.2, 0.25) is 0 Å². The molecular formula is C16H20N4O2. The highest BCUT2D eigenvalue weighted by molar-refractivity contribution is 6.44. The van der Waals surface area contributed by atoms with Crippen molar-refractivity contribution < 1.29 is 10.0 Å². The van der Waals surface area contributed by atoms with Gasteiger partial charge in [0.25, 0.3) is 5.91 Å². The van der Waals surface area contributed by atoms with E-state index in [4.69, 9.17) is 10.5 Å². The standard InChI is InChI=1S/C16H20N4O2/c17-10-15(19-22)16(21)18-11-13-6-8-20(9-7-13)12-14-4-2-1-3-5-14/h1-5,13,22H,6-9,11-12H2,(H,18,21)/b19-15+. The lowest BCUT2D eigenvalue weighted by molar-refractivity contribution is -0.115. The Morgan fingerprint density at radius 1 is 1.36 bits per heavy atom. The minimum atomic E-state index is -0.614. The zero-order valence-corrected chi connectivity index (χ0v) is 12.4. The molecule has 0 spiro atoms. The third-order valence-corrected chi connectivity index (χ3v) is 3.93. The Hall–Kier alpha value is -2.39. The third kappa shape index (κ3) is 4.57. The predicted molar refractivity (Wildman–Crippen MR) is 82.3 cm³/mol. The van der Waals surface area contributed by atoms with Crippen molar-refractivity contribution in [2.75, 3.05) is 19.6 Å². The molecule has 0 atom stereocenters. The number of amides is 1. The highest BCUT2D eigenvalue weighted by atomic mass is 16.4. The number of carbonyl (C=O) groups excluding carboxylic acids is 1. The monoisotopic (exact) mass is 300 g/mol. The summed E-state index contributed by atoms with van der Waals surface area (Å²) in [6, 6.07) is 11.9. The molecule has 22 heavy (non-hydrogen) atoms. The van der Waals surface area contributed by atoms with E-state index in [1.54, 1.807) is 6.07 Å². The highest BCUT2D eigenvalue weighted by Crippen LogP contribution is 2.18. The number of rotatable bonds is 5. The Morgan fingerprint density at radius 3 is 2.64 bits per heavy atom. The summed E-state index contributed by atoms with van der Waals surface area (Å²) >= 11 is 0. The first-order valence-electron chi connectivity index (χ1n) is 7.39. The van der Waals surface area contributed by atoms with Gasteiger partial charge in [0.1, 0.15) is 6.07 Å². The molecule has 6 nitrogen and oxygen atoms in total. The normalized spacial score (nSPS) is 17.0. The molecule has 1 aromatic rings. The van der Waals surface area contributed by atoms with E-state index in [0.717, 1.165) is 32.5 Å². The van der Waals surface area contributed by atoms with E-state index in [0.29, 0.717) is 12.5 Å². The molecule has 1 amide bonds. The van der Waals surface area contributed by atoms with Gasteiger partial charge in [-0.05, 0) is 37.4 Å². The van der Waals surface area contributed by atoms with Crippen LogP contribution >= 0.6 is 0 Å². The van der Waals surface area contributed by atoms with E-state index >= 15 is 0 Å². The maximum absolute atomic E-state index is 11.5. The first kappa shape index (κ1) is 16.0. The number of piperidine rings is 1. The second-order valence-corrected chi connectivity index (χ2v) is 5.48. The summed E-state index contributed by atoms with van der Waals surface area (Å²) in [6.07, 6.45) is 2.01. The number of hydrogen-bond acceptors (Lipinski definition) is 5. The molecule has 0 aliphatic carbocycles. The number of nitrogens with one attached hydrogen (secondary N) is 1. The van der Waals surface area contributed by atoms with Crippen LogP contribution in [0.3, 0.4) is 0 Å². The van der Waals surface area contributed by atoms with Crippen LogP contribution in [0.15, 0.2) is 35.5 Å². The highest BCUT2D eigenvalue weighted by Gasteiger charge is 2.20. The number of nitrogens with zero attached hydrogens (tertiary/aromatic N) is 3. The third-order valence-electron chi connectivity index (χ3n) is 3.93.